The fourth-order valence-corrected chi connectivity index (χ4v) is 8.44. The topological polar surface area (TPSA) is 66.5 Å². The standard InChI is InChI=1S/C27H34N2O3S/c1-3-25(29(33(2,31)32)24-7-5-4-6-8-24)26(30)28-23-11-9-22(10-12-23)27-16-19-13-20(17-27)15-21(14-19)18-27/h4-12,19-21,25H,3,13-18H2,1-2H3,(H,28,30)/t19?,20?,21?,25-,27?/m0/s1. The summed E-state index contributed by atoms with van der Waals surface area (Å²) >= 11 is 0. The Kier molecular flexibility index (Phi) is 5.76. The molecule has 1 amide bonds. The molecule has 5 nitrogen and oxygen atoms in total. The minimum Gasteiger partial charge on any atom is -0.324 e. The number of carbonyl (C=O) groups is 1. The number of hydrogen-bond donors (Lipinski definition) is 1. The number of benzene rings is 2. The van der Waals surface area contributed by atoms with Crippen molar-refractivity contribution in [3.63, 3.8) is 0 Å². The highest BCUT2D eigenvalue weighted by Gasteiger charge is 2.51. The van der Waals surface area contributed by atoms with Crippen LogP contribution in [0.5, 0.6) is 0 Å². The first kappa shape index (κ1) is 22.5. The SMILES string of the molecule is CC[C@@H](C(=O)Nc1ccc(C23CC4CC(CC(C4)C2)C3)cc1)N(c1ccccc1)S(C)(=O)=O. The van der Waals surface area contributed by atoms with E-state index >= 15 is 0 Å². The van der Waals surface area contributed by atoms with Gasteiger partial charge in [-0.25, -0.2) is 8.42 Å². The average Bonchev–Trinajstić information content (AvgIpc) is 2.76. The van der Waals surface area contributed by atoms with Gasteiger partial charge in [0.2, 0.25) is 15.9 Å². The zero-order valence-electron chi connectivity index (χ0n) is 19.5. The third-order valence-electron chi connectivity index (χ3n) is 8.14. The predicted molar refractivity (Wildman–Crippen MR) is 133 cm³/mol. The van der Waals surface area contributed by atoms with Crippen LogP contribution in [0, 0.1) is 17.8 Å². The molecule has 4 saturated carbocycles. The minimum atomic E-state index is -3.63. The predicted octanol–water partition coefficient (Wildman–Crippen LogP) is 5.34. The summed E-state index contributed by atoms with van der Waals surface area (Å²) < 4.78 is 26.4. The van der Waals surface area contributed by atoms with Gasteiger partial charge < -0.3 is 5.32 Å². The molecule has 6 rings (SSSR count). The Labute approximate surface area is 197 Å². The van der Waals surface area contributed by atoms with Crippen molar-refractivity contribution in [2.24, 2.45) is 17.8 Å². The molecule has 0 unspecified atom stereocenters. The highest BCUT2D eigenvalue weighted by molar-refractivity contribution is 7.92. The van der Waals surface area contributed by atoms with Crippen LogP contribution in [0.4, 0.5) is 11.4 Å². The van der Waals surface area contributed by atoms with Crippen molar-refractivity contribution < 1.29 is 13.2 Å². The van der Waals surface area contributed by atoms with Crippen molar-refractivity contribution in [3.05, 3.63) is 60.2 Å². The van der Waals surface area contributed by atoms with Gasteiger partial charge in [-0.1, -0.05) is 37.3 Å². The van der Waals surface area contributed by atoms with Gasteiger partial charge in [0.15, 0.2) is 0 Å². The number of nitrogens with zero attached hydrogens (tertiary/aromatic N) is 1. The van der Waals surface area contributed by atoms with Gasteiger partial charge in [-0.3, -0.25) is 9.10 Å². The van der Waals surface area contributed by atoms with E-state index in [-0.39, 0.29) is 5.91 Å². The van der Waals surface area contributed by atoms with Crippen LogP contribution >= 0.6 is 0 Å². The fourth-order valence-electron chi connectivity index (χ4n) is 7.23. The lowest BCUT2D eigenvalue weighted by atomic mass is 9.48. The molecule has 4 fully saturated rings. The molecule has 1 atom stereocenters. The lowest BCUT2D eigenvalue weighted by Crippen LogP contribution is -2.48. The van der Waals surface area contributed by atoms with Gasteiger partial charge in [-0.2, -0.15) is 0 Å². The molecule has 33 heavy (non-hydrogen) atoms. The van der Waals surface area contributed by atoms with E-state index in [0.29, 0.717) is 23.2 Å². The zero-order chi connectivity index (χ0) is 23.2. The van der Waals surface area contributed by atoms with Crippen LogP contribution in [0.2, 0.25) is 0 Å². The van der Waals surface area contributed by atoms with Gasteiger partial charge in [-0.05, 0) is 97.9 Å². The maximum Gasteiger partial charge on any atom is 0.248 e. The molecule has 2 aromatic rings. The van der Waals surface area contributed by atoms with Crippen molar-refractivity contribution in [3.8, 4) is 0 Å². The van der Waals surface area contributed by atoms with Crippen LogP contribution in [0.3, 0.4) is 0 Å². The summed E-state index contributed by atoms with van der Waals surface area (Å²) in [6, 6.07) is 16.4. The molecule has 6 heteroatoms. The summed E-state index contributed by atoms with van der Waals surface area (Å²) in [4.78, 5) is 13.2. The van der Waals surface area contributed by atoms with E-state index in [0.717, 1.165) is 24.0 Å². The summed E-state index contributed by atoms with van der Waals surface area (Å²) in [5.74, 6) is 2.36. The highest BCUT2D eigenvalue weighted by Crippen LogP contribution is 2.60. The van der Waals surface area contributed by atoms with Crippen molar-refractivity contribution in [2.45, 2.75) is 63.3 Å². The number of hydrogen-bond acceptors (Lipinski definition) is 3. The normalized spacial score (nSPS) is 29.0. The van der Waals surface area contributed by atoms with E-state index in [1.807, 2.05) is 25.1 Å². The highest BCUT2D eigenvalue weighted by atomic mass is 32.2. The maximum atomic E-state index is 13.2. The average molecular weight is 467 g/mol. The molecule has 0 radical (unpaired) electrons. The number of sulfonamides is 1. The quantitative estimate of drug-likeness (QED) is 0.599. The van der Waals surface area contributed by atoms with Gasteiger partial charge in [0.05, 0.1) is 11.9 Å². The van der Waals surface area contributed by atoms with E-state index in [9.17, 15) is 13.2 Å². The first-order valence-electron chi connectivity index (χ1n) is 12.2. The molecule has 1 N–H and O–H groups in total. The lowest BCUT2D eigenvalue weighted by Gasteiger charge is -2.57. The van der Waals surface area contributed by atoms with E-state index < -0.39 is 16.1 Å². The molecule has 2 aromatic carbocycles. The zero-order valence-corrected chi connectivity index (χ0v) is 20.4. The van der Waals surface area contributed by atoms with Gasteiger partial charge in [0.1, 0.15) is 6.04 Å². The summed E-state index contributed by atoms with van der Waals surface area (Å²) in [5.41, 5.74) is 2.95. The van der Waals surface area contributed by atoms with E-state index in [2.05, 4.69) is 17.4 Å². The molecule has 4 aliphatic carbocycles. The van der Waals surface area contributed by atoms with Gasteiger partial charge in [0.25, 0.3) is 0 Å². The van der Waals surface area contributed by atoms with Crippen LogP contribution in [0.1, 0.15) is 57.4 Å². The Morgan fingerprint density at radius 3 is 2.00 bits per heavy atom. The maximum absolute atomic E-state index is 13.2. The summed E-state index contributed by atoms with van der Waals surface area (Å²) in [6.07, 6.45) is 9.71. The number of para-hydroxylation sites is 1. The minimum absolute atomic E-state index is 0.311. The Hall–Kier alpha value is -2.34. The first-order valence-corrected chi connectivity index (χ1v) is 14.1. The second-order valence-corrected chi connectivity index (χ2v) is 12.4. The summed E-state index contributed by atoms with van der Waals surface area (Å²) in [7, 11) is -3.63. The summed E-state index contributed by atoms with van der Waals surface area (Å²) in [5, 5.41) is 2.97. The molecule has 0 aliphatic heterocycles. The van der Waals surface area contributed by atoms with Crippen LogP contribution in [-0.2, 0) is 20.2 Å². The van der Waals surface area contributed by atoms with E-state index in [1.54, 1.807) is 24.3 Å². The smallest absolute Gasteiger partial charge is 0.248 e. The molecular weight excluding hydrogens is 432 g/mol. The molecule has 4 aliphatic rings. The third-order valence-corrected chi connectivity index (χ3v) is 9.32. The van der Waals surface area contributed by atoms with Crippen LogP contribution in [-0.4, -0.2) is 26.6 Å². The third kappa shape index (κ3) is 4.30. The first-order chi connectivity index (χ1) is 15.8. The Bertz CT molecular complexity index is 1080. The number of amides is 1. The Morgan fingerprint density at radius 2 is 1.52 bits per heavy atom. The molecule has 4 bridgehead atoms. The number of carbonyl (C=O) groups excluding carboxylic acids is 1. The van der Waals surface area contributed by atoms with E-state index in [4.69, 9.17) is 0 Å². The number of rotatable bonds is 7. The van der Waals surface area contributed by atoms with E-state index in [1.165, 1.54) is 48.4 Å². The fraction of sp³-hybridized carbons (Fsp3) is 0.519. The van der Waals surface area contributed by atoms with Gasteiger partial charge >= 0.3 is 0 Å². The molecule has 0 saturated heterocycles. The number of nitrogens with one attached hydrogen (secondary N) is 1. The number of anilines is 2. The molecule has 0 spiro atoms. The van der Waals surface area contributed by atoms with Crippen molar-refractivity contribution in [2.75, 3.05) is 15.9 Å². The van der Waals surface area contributed by atoms with Crippen molar-refractivity contribution in [1.29, 1.82) is 0 Å². The van der Waals surface area contributed by atoms with Crippen LogP contribution in [0.15, 0.2) is 54.6 Å². The second kappa shape index (κ2) is 8.46. The molecular formula is C27H34N2O3S. The Morgan fingerprint density at radius 1 is 0.970 bits per heavy atom. The van der Waals surface area contributed by atoms with Gasteiger partial charge in [0, 0.05) is 5.69 Å². The largest absolute Gasteiger partial charge is 0.324 e. The molecule has 0 heterocycles. The lowest BCUT2D eigenvalue weighted by molar-refractivity contribution is -0.117. The second-order valence-electron chi connectivity index (χ2n) is 10.6. The van der Waals surface area contributed by atoms with Crippen LogP contribution in [0.25, 0.3) is 0 Å². The summed E-state index contributed by atoms with van der Waals surface area (Å²) in [6.45, 7) is 1.83. The van der Waals surface area contributed by atoms with Crippen molar-refractivity contribution in [1.82, 2.24) is 0 Å². The van der Waals surface area contributed by atoms with Crippen LogP contribution < -0.4 is 9.62 Å². The Balaban J connectivity index is 1.34. The monoisotopic (exact) mass is 466 g/mol. The van der Waals surface area contributed by atoms with Crippen molar-refractivity contribution >= 4 is 27.3 Å². The molecule has 176 valence electrons. The molecule has 0 aromatic heterocycles. The van der Waals surface area contributed by atoms with Gasteiger partial charge in [-0.15, -0.1) is 0 Å².